The van der Waals surface area contributed by atoms with Gasteiger partial charge in [-0.3, -0.25) is 14.4 Å². The maximum atomic E-state index is 12.2. The van der Waals surface area contributed by atoms with Gasteiger partial charge in [-0.25, -0.2) is 14.4 Å². The lowest BCUT2D eigenvalue weighted by atomic mass is 9.83. The smallest absolute Gasteiger partial charge is 0.407 e. The SMILES string of the molecule is C=CC(=O)OCCCC(=O)OCC1CCC(COC(=O)CCCCC(=O)OCC2CCC(COC(=O)NCCOC(=O)C=C)CC2)CC1. The highest BCUT2D eigenvalue weighted by Crippen LogP contribution is 2.30. The molecule has 13 nitrogen and oxygen atoms in total. The number of unbranched alkanes of at least 4 members (excludes halogenated alkanes) is 1. The minimum absolute atomic E-state index is 0.0472. The predicted octanol–water partition coefficient (Wildman–Crippen LogP) is 4.75. The van der Waals surface area contributed by atoms with Crippen molar-refractivity contribution in [3.8, 4) is 0 Å². The van der Waals surface area contributed by atoms with E-state index >= 15 is 0 Å². The lowest BCUT2D eigenvalue weighted by Gasteiger charge is -2.28. The molecule has 270 valence electrons. The van der Waals surface area contributed by atoms with E-state index in [1.165, 1.54) is 0 Å². The monoisotopic (exact) mass is 679 g/mol. The van der Waals surface area contributed by atoms with E-state index in [0.717, 1.165) is 63.5 Å². The van der Waals surface area contributed by atoms with E-state index in [9.17, 15) is 28.8 Å². The number of ether oxygens (including phenoxy) is 6. The third-order valence-electron chi connectivity index (χ3n) is 8.55. The number of alkyl carbamates (subject to hydrolysis) is 1. The Labute approximate surface area is 283 Å². The highest BCUT2D eigenvalue weighted by atomic mass is 16.6. The molecule has 1 amide bonds. The number of esters is 5. The predicted molar refractivity (Wildman–Crippen MR) is 173 cm³/mol. The van der Waals surface area contributed by atoms with Crippen molar-refractivity contribution in [2.24, 2.45) is 23.7 Å². The average Bonchev–Trinajstić information content (AvgIpc) is 3.10. The number of carbonyl (C=O) groups is 6. The third kappa shape index (κ3) is 19.0. The summed E-state index contributed by atoms with van der Waals surface area (Å²) in [6.07, 6.45) is 11.0. The van der Waals surface area contributed by atoms with Crippen LogP contribution < -0.4 is 5.32 Å². The summed E-state index contributed by atoms with van der Waals surface area (Å²) in [5.74, 6) is -0.748. The fourth-order valence-corrected chi connectivity index (χ4v) is 5.57. The zero-order valence-electron chi connectivity index (χ0n) is 28.1. The van der Waals surface area contributed by atoms with Crippen LogP contribution in [0.25, 0.3) is 0 Å². The molecular weight excluding hydrogens is 626 g/mol. The van der Waals surface area contributed by atoms with Crippen molar-refractivity contribution < 1.29 is 57.2 Å². The number of nitrogens with one attached hydrogen (secondary N) is 1. The maximum Gasteiger partial charge on any atom is 0.407 e. The second kappa shape index (κ2) is 24.3. The Hall–Kier alpha value is -3.90. The van der Waals surface area contributed by atoms with Crippen LogP contribution in [0.5, 0.6) is 0 Å². The van der Waals surface area contributed by atoms with Crippen molar-refractivity contribution in [1.82, 2.24) is 5.32 Å². The molecule has 0 radical (unpaired) electrons. The highest BCUT2D eigenvalue weighted by molar-refractivity contribution is 5.81. The van der Waals surface area contributed by atoms with Gasteiger partial charge in [-0.1, -0.05) is 13.2 Å². The quantitative estimate of drug-likeness (QED) is 0.0722. The fourth-order valence-electron chi connectivity index (χ4n) is 5.57. The topological polar surface area (TPSA) is 170 Å². The first-order chi connectivity index (χ1) is 23.2. The van der Waals surface area contributed by atoms with Crippen LogP contribution in [0.3, 0.4) is 0 Å². The Balaban J connectivity index is 1.41. The Morgan fingerprint density at radius 2 is 0.854 bits per heavy atom. The summed E-state index contributed by atoms with van der Waals surface area (Å²) in [5.41, 5.74) is 0. The van der Waals surface area contributed by atoms with E-state index in [1.54, 1.807) is 0 Å². The number of carbonyl (C=O) groups excluding carboxylic acids is 6. The summed E-state index contributed by atoms with van der Waals surface area (Å²) >= 11 is 0. The minimum Gasteiger partial charge on any atom is -0.465 e. The number of rotatable bonds is 22. The number of hydrogen-bond donors (Lipinski definition) is 1. The molecule has 0 unspecified atom stereocenters. The first-order valence-electron chi connectivity index (χ1n) is 17.1. The van der Waals surface area contributed by atoms with Gasteiger partial charge in [0, 0.05) is 31.4 Å². The summed E-state index contributed by atoms with van der Waals surface area (Å²) in [4.78, 5) is 70.0. The zero-order chi connectivity index (χ0) is 35.0. The molecule has 0 aromatic heterocycles. The molecule has 0 aromatic carbocycles. The van der Waals surface area contributed by atoms with Crippen molar-refractivity contribution in [2.75, 3.05) is 46.2 Å². The van der Waals surface area contributed by atoms with Crippen LogP contribution >= 0.6 is 0 Å². The van der Waals surface area contributed by atoms with Crippen molar-refractivity contribution in [1.29, 1.82) is 0 Å². The second-order valence-corrected chi connectivity index (χ2v) is 12.4. The standard InChI is InChI=1S/C35H53NO12/c1-3-30(37)43-20-7-10-34(41)47-24-27-13-11-26(12-14-27)22-45-32(39)8-5-6-9-33(40)46-23-28-15-17-29(18-16-28)25-48-35(42)36-19-21-44-31(38)4-2/h3-4,26-29H,1-2,5-25H2,(H,36,42). The van der Waals surface area contributed by atoms with E-state index in [2.05, 4.69) is 18.5 Å². The average molecular weight is 680 g/mol. The summed E-state index contributed by atoms with van der Waals surface area (Å²) in [7, 11) is 0. The number of amides is 1. The fraction of sp³-hybridized carbons (Fsp3) is 0.714. The van der Waals surface area contributed by atoms with E-state index in [0.29, 0.717) is 57.5 Å². The summed E-state index contributed by atoms with van der Waals surface area (Å²) in [6.45, 7) is 8.42. The van der Waals surface area contributed by atoms with Crippen LogP contribution in [-0.2, 0) is 52.4 Å². The zero-order valence-corrected chi connectivity index (χ0v) is 28.1. The van der Waals surface area contributed by atoms with Crippen molar-refractivity contribution in [2.45, 2.75) is 89.9 Å². The molecule has 48 heavy (non-hydrogen) atoms. The molecule has 0 spiro atoms. The van der Waals surface area contributed by atoms with Crippen LogP contribution in [0.1, 0.15) is 89.9 Å². The molecule has 0 heterocycles. The largest absolute Gasteiger partial charge is 0.465 e. The highest BCUT2D eigenvalue weighted by Gasteiger charge is 2.25. The van der Waals surface area contributed by atoms with E-state index in [1.807, 2.05) is 0 Å². The van der Waals surface area contributed by atoms with Crippen LogP contribution in [-0.4, -0.2) is 82.1 Å². The molecule has 2 rings (SSSR count). The van der Waals surface area contributed by atoms with Gasteiger partial charge in [0.15, 0.2) is 0 Å². The molecule has 0 aliphatic heterocycles. The first-order valence-corrected chi connectivity index (χ1v) is 17.1. The van der Waals surface area contributed by atoms with E-state index in [4.69, 9.17) is 28.4 Å². The normalized spacial score (nSPS) is 20.3. The molecule has 0 aromatic rings. The van der Waals surface area contributed by atoms with Gasteiger partial charge in [-0.15, -0.1) is 0 Å². The van der Waals surface area contributed by atoms with Crippen LogP contribution in [0.15, 0.2) is 25.3 Å². The Kier molecular flexibility index (Phi) is 20.4. The van der Waals surface area contributed by atoms with E-state index in [-0.39, 0.29) is 68.8 Å². The van der Waals surface area contributed by atoms with Gasteiger partial charge in [-0.2, -0.15) is 0 Å². The van der Waals surface area contributed by atoms with Gasteiger partial charge >= 0.3 is 35.9 Å². The maximum absolute atomic E-state index is 12.2. The third-order valence-corrected chi connectivity index (χ3v) is 8.55. The first kappa shape index (κ1) is 40.3. The summed E-state index contributed by atoms with van der Waals surface area (Å²) in [5, 5.41) is 2.53. The molecule has 1 N–H and O–H groups in total. The molecule has 0 atom stereocenters. The van der Waals surface area contributed by atoms with Crippen molar-refractivity contribution in [3.05, 3.63) is 25.3 Å². The Morgan fingerprint density at radius 3 is 1.25 bits per heavy atom. The molecule has 2 fully saturated rings. The molecule has 2 aliphatic carbocycles. The molecule has 2 saturated carbocycles. The van der Waals surface area contributed by atoms with Gasteiger partial charge < -0.3 is 33.7 Å². The molecule has 0 bridgehead atoms. The van der Waals surface area contributed by atoms with Crippen molar-refractivity contribution in [3.63, 3.8) is 0 Å². The van der Waals surface area contributed by atoms with Gasteiger partial charge in [0.1, 0.15) is 6.61 Å². The van der Waals surface area contributed by atoms with Crippen LogP contribution in [0, 0.1) is 23.7 Å². The van der Waals surface area contributed by atoms with Crippen LogP contribution in [0.2, 0.25) is 0 Å². The number of hydrogen-bond acceptors (Lipinski definition) is 12. The molecule has 2 aliphatic rings. The molecule has 0 saturated heterocycles. The van der Waals surface area contributed by atoms with Gasteiger partial charge in [-0.05, 0) is 94.3 Å². The molecular formula is C35H53NO12. The second-order valence-electron chi connectivity index (χ2n) is 12.4. The lowest BCUT2D eigenvalue weighted by molar-refractivity contribution is -0.148. The minimum atomic E-state index is -0.550. The van der Waals surface area contributed by atoms with Crippen LogP contribution in [0.4, 0.5) is 4.79 Å². The Morgan fingerprint density at radius 1 is 0.500 bits per heavy atom. The Bertz CT molecular complexity index is 962. The molecule has 13 heteroatoms. The summed E-state index contributed by atoms with van der Waals surface area (Å²) in [6, 6.07) is 0. The van der Waals surface area contributed by atoms with E-state index < -0.39 is 18.0 Å². The van der Waals surface area contributed by atoms with Crippen molar-refractivity contribution >= 4 is 35.9 Å². The van der Waals surface area contributed by atoms with Gasteiger partial charge in [0.2, 0.25) is 0 Å². The van der Waals surface area contributed by atoms with Gasteiger partial charge in [0.25, 0.3) is 0 Å². The van der Waals surface area contributed by atoms with Gasteiger partial charge in [0.05, 0.1) is 39.6 Å². The summed E-state index contributed by atoms with van der Waals surface area (Å²) < 4.78 is 31.2. The lowest BCUT2D eigenvalue weighted by Crippen LogP contribution is -2.31.